The molecule has 1 unspecified atom stereocenters. The molecule has 1 rings (SSSR count). The highest BCUT2D eigenvalue weighted by Gasteiger charge is 1.99. The Hall–Kier alpha value is -1.02. The molecule has 0 saturated carbocycles. The molecule has 2 nitrogen and oxygen atoms in total. The van der Waals surface area contributed by atoms with Gasteiger partial charge in [0, 0.05) is 6.04 Å². The van der Waals surface area contributed by atoms with Crippen LogP contribution in [0.3, 0.4) is 0 Å². The second-order valence-electron chi connectivity index (χ2n) is 3.91. The molecule has 1 aromatic rings. The van der Waals surface area contributed by atoms with Crippen molar-refractivity contribution in [3.63, 3.8) is 0 Å². The van der Waals surface area contributed by atoms with E-state index in [2.05, 4.69) is 38.2 Å². The fourth-order valence-electron chi connectivity index (χ4n) is 1.44. The van der Waals surface area contributed by atoms with Crippen LogP contribution in [0.15, 0.2) is 24.3 Å². The summed E-state index contributed by atoms with van der Waals surface area (Å²) in [4.78, 5) is 0. The summed E-state index contributed by atoms with van der Waals surface area (Å²) in [5.74, 6) is 0.962. The van der Waals surface area contributed by atoms with E-state index in [4.69, 9.17) is 4.74 Å². The quantitative estimate of drug-likeness (QED) is 0.774. The van der Waals surface area contributed by atoms with Crippen LogP contribution in [0, 0.1) is 6.92 Å². The van der Waals surface area contributed by atoms with Crippen LogP contribution in [0.2, 0.25) is 0 Å². The summed E-state index contributed by atoms with van der Waals surface area (Å²) in [7, 11) is 0. The molecule has 2 heteroatoms. The number of nitrogens with one attached hydrogen (secondary N) is 1. The smallest absolute Gasteiger partial charge is 0.119 e. The number of benzene rings is 1. The van der Waals surface area contributed by atoms with E-state index in [1.807, 2.05) is 12.1 Å². The van der Waals surface area contributed by atoms with E-state index in [9.17, 15) is 0 Å². The third-order valence-electron chi connectivity index (χ3n) is 2.39. The lowest BCUT2D eigenvalue weighted by Crippen LogP contribution is -2.27. The molecule has 1 aromatic carbocycles. The van der Waals surface area contributed by atoms with Crippen molar-refractivity contribution < 1.29 is 4.74 Å². The molecule has 0 aromatic heterocycles. The van der Waals surface area contributed by atoms with Gasteiger partial charge in [-0.3, -0.25) is 0 Å². The summed E-state index contributed by atoms with van der Waals surface area (Å²) < 4.78 is 5.64. The van der Waals surface area contributed by atoms with E-state index in [-0.39, 0.29) is 0 Å². The average Bonchev–Trinajstić information content (AvgIpc) is 2.21. The number of aryl methyl sites for hydroxylation is 1. The molecule has 84 valence electrons. The maximum Gasteiger partial charge on any atom is 0.119 e. The van der Waals surface area contributed by atoms with Crippen LogP contribution in [0.5, 0.6) is 5.75 Å². The predicted octanol–water partition coefficient (Wildman–Crippen LogP) is 2.76. The largest absolute Gasteiger partial charge is 0.494 e. The third kappa shape index (κ3) is 4.84. The van der Waals surface area contributed by atoms with Crippen molar-refractivity contribution >= 4 is 0 Å². The van der Waals surface area contributed by atoms with E-state index in [1.165, 1.54) is 5.56 Å². The number of hydrogen-bond acceptors (Lipinski definition) is 2. The van der Waals surface area contributed by atoms with Gasteiger partial charge in [0.05, 0.1) is 6.61 Å². The molecule has 0 amide bonds. The lowest BCUT2D eigenvalue weighted by molar-refractivity contribution is 0.291. The van der Waals surface area contributed by atoms with Gasteiger partial charge in [-0.05, 0) is 38.9 Å². The molecule has 0 saturated heterocycles. The fourth-order valence-corrected chi connectivity index (χ4v) is 1.44. The van der Waals surface area contributed by atoms with Gasteiger partial charge in [-0.2, -0.15) is 0 Å². The van der Waals surface area contributed by atoms with Crippen LogP contribution >= 0.6 is 0 Å². The van der Waals surface area contributed by atoms with Crippen molar-refractivity contribution in [1.82, 2.24) is 5.32 Å². The Balaban J connectivity index is 2.22. The zero-order valence-corrected chi connectivity index (χ0v) is 9.92. The maximum atomic E-state index is 5.64. The van der Waals surface area contributed by atoms with Gasteiger partial charge in [0.25, 0.3) is 0 Å². The van der Waals surface area contributed by atoms with Gasteiger partial charge in [0.2, 0.25) is 0 Å². The Labute approximate surface area is 92.6 Å². The van der Waals surface area contributed by atoms with Crippen LogP contribution in [0.4, 0.5) is 0 Å². The monoisotopic (exact) mass is 207 g/mol. The molecule has 15 heavy (non-hydrogen) atoms. The van der Waals surface area contributed by atoms with Crippen LogP contribution in [-0.4, -0.2) is 19.2 Å². The summed E-state index contributed by atoms with van der Waals surface area (Å²) in [6.07, 6.45) is 1.04. The molecule has 1 atom stereocenters. The van der Waals surface area contributed by atoms with Crippen LogP contribution in [0.25, 0.3) is 0 Å². The van der Waals surface area contributed by atoms with Crippen LogP contribution in [-0.2, 0) is 0 Å². The Bertz CT molecular complexity index is 268. The van der Waals surface area contributed by atoms with Gasteiger partial charge in [0.15, 0.2) is 0 Å². The zero-order valence-electron chi connectivity index (χ0n) is 9.92. The minimum Gasteiger partial charge on any atom is -0.494 e. The summed E-state index contributed by atoms with van der Waals surface area (Å²) in [5.41, 5.74) is 1.27. The first-order chi connectivity index (χ1) is 7.22. The van der Waals surface area contributed by atoms with Crippen molar-refractivity contribution in [1.29, 1.82) is 0 Å². The molecule has 0 aliphatic heterocycles. The molecular weight excluding hydrogens is 186 g/mol. The molecule has 0 fully saturated rings. The SMILES string of the molecule is CCNC(C)CCOc1ccc(C)cc1. The minimum absolute atomic E-state index is 0.528. The standard InChI is InChI=1S/C13H21NO/c1-4-14-12(3)9-10-15-13-7-5-11(2)6-8-13/h5-8,12,14H,4,9-10H2,1-3H3. The fraction of sp³-hybridized carbons (Fsp3) is 0.538. The number of rotatable bonds is 6. The first kappa shape index (κ1) is 12.1. The molecule has 0 radical (unpaired) electrons. The zero-order chi connectivity index (χ0) is 11.1. The molecule has 1 N–H and O–H groups in total. The molecule has 0 spiro atoms. The molecule has 0 aliphatic carbocycles. The number of hydrogen-bond donors (Lipinski definition) is 1. The predicted molar refractivity (Wildman–Crippen MR) is 64.4 cm³/mol. The van der Waals surface area contributed by atoms with E-state index in [0.717, 1.165) is 25.3 Å². The van der Waals surface area contributed by atoms with E-state index in [1.54, 1.807) is 0 Å². The third-order valence-corrected chi connectivity index (χ3v) is 2.39. The topological polar surface area (TPSA) is 21.3 Å². The van der Waals surface area contributed by atoms with Gasteiger partial charge in [-0.1, -0.05) is 24.6 Å². The molecule has 0 aliphatic rings. The van der Waals surface area contributed by atoms with Crippen molar-refractivity contribution in [2.75, 3.05) is 13.2 Å². The minimum atomic E-state index is 0.528. The maximum absolute atomic E-state index is 5.64. The molecular formula is C13H21NO. The van der Waals surface area contributed by atoms with Crippen molar-refractivity contribution in [3.05, 3.63) is 29.8 Å². The normalized spacial score (nSPS) is 12.5. The summed E-state index contributed by atoms with van der Waals surface area (Å²) in [5, 5.41) is 3.36. The van der Waals surface area contributed by atoms with E-state index < -0.39 is 0 Å². The van der Waals surface area contributed by atoms with Crippen molar-refractivity contribution in [2.24, 2.45) is 0 Å². The van der Waals surface area contributed by atoms with Gasteiger partial charge in [-0.25, -0.2) is 0 Å². The first-order valence-corrected chi connectivity index (χ1v) is 5.65. The van der Waals surface area contributed by atoms with Crippen molar-refractivity contribution in [3.8, 4) is 5.75 Å². The first-order valence-electron chi connectivity index (χ1n) is 5.65. The Morgan fingerprint density at radius 3 is 2.53 bits per heavy atom. The summed E-state index contributed by atoms with van der Waals surface area (Å²) in [6, 6.07) is 8.72. The summed E-state index contributed by atoms with van der Waals surface area (Å²) in [6.45, 7) is 8.18. The lowest BCUT2D eigenvalue weighted by atomic mass is 10.2. The highest BCUT2D eigenvalue weighted by atomic mass is 16.5. The summed E-state index contributed by atoms with van der Waals surface area (Å²) >= 11 is 0. The van der Waals surface area contributed by atoms with Gasteiger partial charge < -0.3 is 10.1 Å². The van der Waals surface area contributed by atoms with Crippen molar-refractivity contribution in [2.45, 2.75) is 33.2 Å². The Morgan fingerprint density at radius 2 is 1.93 bits per heavy atom. The Kier molecular flexibility index (Phi) is 5.19. The second kappa shape index (κ2) is 6.46. The second-order valence-corrected chi connectivity index (χ2v) is 3.91. The highest BCUT2D eigenvalue weighted by Crippen LogP contribution is 2.11. The average molecular weight is 207 g/mol. The van der Waals surface area contributed by atoms with E-state index in [0.29, 0.717) is 6.04 Å². The number of ether oxygens (including phenoxy) is 1. The molecule has 0 heterocycles. The molecule has 0 bridgehead atoms. The van der Waals surface area contributed by atoms with E-state index >= 15 is 0 Å². The van der Waals surface area contributed by atoms with Gasteiger partial charge in [0.1, 0.15) is 5.75 Å². The van der Waals surface area contributed by atoms with Gasteiger partial charge >= 0.3 is 0 Å². The lowest BCUT2D eigenvalue weighted by Gasteiger charge is -2.12. The van der Waals surface area contributed by atoms with Crippen LogP contribution < -0.4 is 10.1 Å². The van der Waals surface area contributed by atoms with Gasteiger partial charge in [-0.15, -0.1) is 0 Å². The Morgan fingerprint density at radius 1 is 1.27 bits per heavy atom. The highest BCUT2D eigenvalue weighted by molar-refractivity contribution is 5.26. The van der Waals surface area contributed by atoms with Crippen LogP contribution in [0.1, 0.15) is 25.8 Å².